The summed E-state index contributed by atoms with van der Waals surface area (Å²) in [7, 11) is 0. The van der Waals surface area contributed by atoms with Crippen molar-refractivity contribution in [3.8, 4) is 0 Å². The van der Waals surface area contributed by atoms with E-state index < -0.39 is 12.6 Å². The number of nitrogens with zero attached hydrogens (tertiary/aromatic N) is 4. The lowest BCUT2D eigenvalue weighted by molar-refractivity contribution is -0.138. The van der Waals surface area contributed by atoms with Gasteiger partial charge in [-0.2, -0.15) is 0 Å². The molecule has 3 heterocycles. The molecule has 3 rings (SSSR count). The molecular formula is C16H23N5O4. The molecule has 0 bridgehead atoms. The van der Waals surface area contributed by atoms with Crippen molar-refractivity contribution in [3.63, 3.8) is 0 Å². The minimum Gasteiger partial charge on any atom is -0.394 e. The number of ether oxygens (including phenoxy) is 1. The van der Waals surface area contributed by atoms with E-state index in [4.69, 9.17) is 4.74 Å². The van der Waals surface area contributed by atoms with Gasteiger partial charge in [0.25, 0.3) is 0 Å². The highest BCUT2D eigenvalue weighted by Crippen LogP contribution is 2.26. The van der Waals surface area contributed by atoms with E-state index in [1.807, 2.05) is 0 Å². The Morgan fingerprint density at radius 3 is 2.76 bits per heavy atom. The van der Waals surface area contributed by atoms with Crippen molar-refractivity contribution in [2.75, 3.05) is 44.4 Å². The summed E-state index contributed by atoms with van der Waals surface area (Å²) >= 11 is 0. The van der Waals surface area contributed by atoms with Gasteiger partial charge in [0.05, 0.1) is 32.1 Å². The lowest BCUT2D eigenvalue weighted by Crippen LogP contribution is -2.51. The van der Waals surface area contributed by atoms with Crippen molar-refractivity contribution < 1.29 is 19.4 Å². The van der Waals surface area contributed by atoms with Crippen molar-refractivity contribution in [1.29, 1.82) is 0 Å². The maximum atomic E-state index is 12.5. The number of rotatable bonds is 4. The quantitative estimate of drug-likeness (QED) is 0.695. The molecule has 0 aromatic carbocycles. The Kier molecular flexibility index (Phi) is 5.44. The molecule has 1 fully saturated rings. The van der Waals surface area contributed by atoms with Crippen molar-refractivity contribution in [2.24, 2.45) is 0 Å². The Hall–Kier alpha value is -2.26. The van der Waals surface area contributed by atoms with E-state index in [1.54, 1.807) is 4.90 Å². The van der Waals surface area contributed by atoms with E-state index in [0.29, 0.717) is 32.7 Å². The number of carbonyl (C=O) groups excluding carboxylic acids is 2. The van der Waals surface area contributed by atoms with Gasteiger partial charge in [0.2, 0.25) is 11.8 Å². The van der Waals surface area contributed by atoms with Gasteiger partial charge in [0.1, 0.15) is 18.2 Å². The molecule has 0 spiro atoms. The first-order valence-corrected chi connectivity index (χ1v) is 8.42. The molecule has 136 valence electrons. The van der Waals surface area contributed by atoms with Crippen molar-refractivity contribution in [2.45, 2.75) is 25.9 Å². The van der Waals surface area contributed by atoms with Crippen LogP contribution in [0.2, 0.25) is 0 Å². The third-order valence-electron chi connectivity index (χ3n) is 4.46. The van der Waals surface area contributed by atoms with Crippen LogP contribution >= 0.6 is 0 Å². The second-order valence-corrected chi connectivity index (χ2v) is 6.17. The third-order valence-corrected chi connectivity index (χ3v) is 4.46. The van der Waals surface area contributed by atoms with E-state index in [9.17, 15) is 14.7 Å². The fraction of sp³-hybridized carbons (Fsp3) is 0.625. The number of hydrogen-bond donors (Lipinski definition) is 2. The molecule has 2 aliphatic heterocycles. The average molecular weight is 349 g/mol. The molecule has 0 unspecified atom stereocenters. The SMILES string of the molecule is CC(=O)N[C@H](CO)C(=O)N1CCc2c(ncnc2N2CCOCC2)C1. The first-order valence-electron chi connectivity index (χ1n) is 8.42. The van der Waals surface area contributed by atoms with Gasteiger partial charge in [-0.05, 0) is 6.42 Å². The maximum Gasteiger partial charge on any atom is 0.247 e. The smallest absolute Gasteiger partial charge is 0.247 e. The number of nitrogens with one attached hydrogen (secondary N) is 1. The molecule has 2 aliphatic rings. The molecule has 25 heavy (non-hydrogen) atoms. The Morgan fingerprint density at radius 2 is 2.08 bits per heavy atom. The normalized spacial score (nSPS) is 18.5. The maximum absolute atomic E-state index is 12.5. The standard InChI is InChI=1S/C16H23N5O4/c1-11(23)19-14(9-22)16(24)21-3-2-12-13(8-21)17-10-18-15(12)20-4-6-25-7-5-20/h10,14,22H,2-9H2,1H3,(H,19,23)/t14-/m1/s1. The molecule has 2 N–H and O–H groups in total. The average Bonchev–Trinajstić information content (AvgIpc) is 2.65. The van der Waals surface area contributed by atoms with Crippen LogP contribution in [0.4, 0.5) is 5.82 Å². The van der Waals surface area contributed by atoms with E-state index in [2.05, 4.69) is 20.2 Å². The monoisotopic (exact) mass is 349 g/mol. The molecule has 9 nitrogen and oxygen atoms in total. The molecule has 1 saturated heterocycles. The van der Waals surface area contributed by atoms with Gasteiger partial charge in [-0.25, -0.2) is 9.97 Å². The summed E-state index contributed by atoms with van der Waals surface area (Å²) in [4.78, 5) is 36.3. The lowest BCUT2D eigenvalue weighted by Gasteiger charge is -2.34. The molecule has 2 amide bonds. The summed E-state index contributed by atoms with van der Waals surface area (Å²) in [6.07, 6.45) is 2.17. The van der Waals surface area contributed by atoms with Crippen LogP contribution in [0.5, 0.6) is 0 Å². The van der Waals surface area contributed by atoms with Gasteiger partial charge in [0, 0.05) is 32.1 Å². The fourth-order valence-corrected chi connectivity index (χ4v) is 3.22. The van der Waals surface area contributed by atoms with Gasteiger partial charge in [0.15, 0.2) is 0 Å². The van der Waals surface area contributed by atoms with Crippen LogP contribution in [-0.4, -0.2) is 77.3 Å². The molecule has 1 aromatic rings. The lowest BCUT2D eigenvalue weighted by atomic mass is 10.0. The zero-order valence-corrected chi connectivity index (χ0v) is 14.3. The van der Waals surface area contributed by atoms with Crippen LogP contribution in [0.1, 0.15) is 18.2 Å². The highest BCUT2D eigenvalue weighted by Gasteiger charge is 2.30. The molecule has 1 atom stereocenters. The Morgan fingerprint density at radius 1 is 1.32 bits per heavy atom. The largest absolute Gasteiger partial charge is 0.394 e. The summed E-state index contributed by atoms with van der Waals surface area (Å²) in [6.45, 7) is 4.70. The van der Waals surface area contributed by atoms with E-state index in [0.717, 1.165) is 30.2 Å². The number of anilines is 1. The first-order chi connectivity index (χ1) is 12.1. The molecule has 0 radical (unpaired) electrons. The van der Waals surface area contributed by atoms with Crippen molar-refractivity contribution in [3.05, 3.63) is 17.6 Å². The number of aliphatic hydroxyl groups is 1. The van der Waals surface area contributed by atoms with Crippen molar-refractivity contribution in [1.82, 2.24) is 20.2 Å². The van der Waals surface area contributed by atoms with Gasteiger partial charge >= 0.3 is 0 Å². The zero-order valence-electron chi connectivity index (χ0n) is 14.3. The number of fused-ring (bicyclic) bond motifs is 1. The predicted molar refractivity (Wildman–Crippen MR) is 88.9 cm³/mol. The number of amides is 2. The summed E-state index contributed by atoms with van der Waals surface area (Å²) in [5, 5.41) is 11.9. The van der Waals surface area contributed by atoms with Crippen LogP contribution in [-0.2, 0) is 27.3 Å². The number of aromatic nitrogens is 2. The van der Waals surface area contributed by atoms with Gasteiger partial charge in [-0.3, -0.25) is 9.59 Å². The summed E-state index contributed by atoms with van der Waals surface area (Å²) in [5.74, 6) is 0.276. The highest BCUT2D eigenvalue weighted by molar-refractivity contribution is 5.87. The molecule has 9 heteroatoms. The molecule has 0 aliphatic carbocycles. The minimum atomic E-state index is -0.917. The number of hydrogen-bond acceptors (Lipinski definition) is 7. The molecule has 1 aromatic heterocycles. The van der Waals surface area contributed by atoms with Crippen molar-refractivity contribution >= 4 is 17.6 Å². The Balaban J connectivity index is 1.75. The van der Waals surface area contributed by atoms with Gasteiger partial charge in [-0.1, -0.05) is 0 Å². The summed E-state index contributed by atoms with van der Waals surface area (Å²) < 4.78 is 5.39. The zero-order chi connectivity index (χ0) is 17.8. The fourth-order valence-electron chi connectivity index (χ4n) is 3.22. The number of carbonyl (C=O) groups is 2. The Bertz CT molecular complexity index is 647. The van der Waals surface area contributed by atoms with Crippen LogP contribution in [0.25, 0.3) is 0 Å². The van der Waals surface area contributed by atoms with Gasteiger partial charge < -0.3 is 25.0 Å². The van der Waals surface area contributed by atoms with Crippen LogP contribution in [0, 0.1) is 0 Å². The third kappa shape index (κ3) is 3.88. The van der Waals surface area contributed by atoms with Gasteiger partial charge in [-0.15, -0.1) is 0 Å². The van der Waals surface area contributed by atoms with E-state index in [1.165, 1.54) is 13.3 Å². The minimum absolute atomic E-state index is 0.296. The second kappa shape index (κ2) is 7.75. The Labute approximate surface area is 146 Å². The highest BCUT2D eigenvalue weighted by atomic mass is 16.5. The van der Waals surface area contributed by atoms with E-state index >= 15 is 0 Å². The first kappa shape index (κ1) is 17.6. The topological polar surface area (TPSA) is 108 Å². The van der Waals surface area contributed by atoms with Crippen LogP contribution in [0.15, 0.2) is 6.33 Å². The van der Waals surface area contributed by atoms with E-state index in [-0.39, 0.29) is 11.8 Å². The summed E-state index contributed by atoms with van der Waals surface area (Å²) in [5.41, 5.74) is 1.88. The second-order valence-electron chi connectivity index (χ2n) is 6.17. The van der Waals surface area contributed by atoms with Crippen LogP contribution < -0.4 is 10.2 Å². The van der Waals surface area contributed by atoms with Crippen LogP contribution in [0.3, 0.4) is 0 Å². The molecule has 0 saturated carbocycles. The predicted octanol–water partition coefficient (Wildman–Crippen LogP) is -1.31. The molecular weight excluding hydrogens is 326 g/mol. The number of morpholine rings is 1. The summed E-state index contributed by atoms with van der Waals surface area (Å²) in [6, 6.07) is -0.917. The number of aliphatic hydroxyl groups excluding tert-OH is 1.